The molecule has 0 heterocycles. The standard InChI is InChI=1S/C13H15NO2/c14-9-13(16)11(7-4-8-12(13)15)10-5-2-1-3-6-10/h1-8,12,15-16H,9,14H2/t12-,13+/m1/s1. The van der Waals surface area contributed by atoms with Gasteiger partial charge in [-0.2, -0.15) is 0 Å². The van der Waals surface area contributed by atoms with Gasteiger partial charge in [-0.25, -0.2) is 0 Å². The van der Waals surface area contributed by atoms with Crippen molar-refractivity contribution in [3.05, 3.63) is 54.1 Å². The van der Waals surface area contributed by atoms with Crippen LogP contribution >= 0.6 is 0 Å². The highest BCUT2D eigenvalue weighted by molar-refractivity contribution is 5.76. The summed E-state index contributed by atoms with van der Waals surface area (Å²) in [5.74, 6) is 0. The van der Waals surface area contributed by atoms with Crippen molar-refractivity contribution < 1.29 is 10.2 Å². The first-order valence-electron chi connectivity index (χ1n) is 5.23. The Morgan fingerprint density at radius 1 is 1.25 bits per heavy atom. The predicted octanol–water partition coefficient (Wildman–Crippen LogP) is 0.690. The minimum Gasteiger partial charge on any atom is -0.386 e. The third-order valence-electron chi connectivity index (χ3n) is 2.91. The van der Waals surface area contributed by atoms with E-state index >= 15 is 0 Å². The SMILES string of the molecule is NC[C@]1(O)C(c2ccccc2)=CC=C[C@H]1O. The second-order valence-electron chi connectivity index (χ2n) is 3.90. The molecule has 0 bridgehead atoms. The third-order valence-corrected chi connectivity index (χ3v) is 2.91. The molecule has 0 saturated heterocycles. The molecule has 1 aromatic rings. The molecule has 84 valence electrons. The van der Waals surface area contributed by atoms with Gasteiger partial charge in [0.15, 0.2) is 0 Å². The molecule has 0 saturated carbocycles. The lowest BCUT2D eigenvalue weighted by Crippen LogP contribution is -2.49. The van der Waals surface area contributed by atoms with Gasteiger partial charge in [0.05, 0.1) is 0 Å². The Morgan fingerprint density at radius 3 is 2.56 bits per heavy atom. The Hall–Kier alpha value is -1.42. The van der Waals surface area contributed by atoms with Gasteiger partial charge in [0.25, 0.3) is 0 Å². The second-order valence-corrected chi connectivity index (χ2v) is 3.90. The molecule has 0 aromatic heterocycles. The van der Waals surface area contributed by atoms with Gasteiger partial charge in [-0.05, 0) is 11.1 Å². The lowest BCUT2D eigenvalue weighted by molar-refractivity contribution is 0.000114. The van der Waals surface area contributed by atoms with E-state index in [-0.39, 0.29) is 6.54 Å². The molecule has 3 heteroatoms. The summed E-state index contributed by atoms with van der Waals surface area (Å²) >= 11 is 0. The molecular formula is C13H15NO2. The van der Waals surface area contributed by atoms with Crippen molar-refractivity contribution in [2.75, 3.05) is 6.54 Å². The molecule has 0 amide bonds. The maximum absolute atomic E-state index is 10.4. The molecular weight excluding hydrogens is 202 g/mol. The Labute approximate surface area is 94.5 Å². The summed E-state index contributed by atoms with van der Waals surface area (Å²) in [4.78, 5) is 0. The van der Waals surface area contributed by atoms with Crippen LogP contribution in [0.3, 0.4) is 0 Å². The summed E-state index contributed by atoms with van der Waals surface area (Å²) in [5.41, 5.74) is 5.71. The lowest BCUT2D eigenvalue weighted by Gasteiger charge is -2.35. The Kier molecular flexibility index (Phi) is 2.92. The maximum atomic E-state index is 10.4. The van der Waals surface area contributed by atoms with Gasteiger partial charge >= 0.3 is 0 Å². The fraction of sp³-hybridized carbons (Fsp3) is 0.231. The Balaban J connectivity index is 2.47. The Bertz CT molecular complexity index is 425. The van der Waals surface area contributed by atoms with E-state index in [1.807, 2.05) is 30.3 Å². The molecule has 0 fully saturated rings. The zero-order valence-electron chi connectivity index (χ0n) is 8.88. The number of nitrogens with two attached hydrogens (primary N) is 1. The number of aliphatic hydroxyl groups is 2. The van der Waals surface area contributed by atoms with E-state index in [4.69, 9.17) is 5.73 Å². The first kappa shape index (κ1) is 11.1. The number of aliphatic hydroxyl groups excluding tert-OH is 1. The molecule has 1 aliphatic carbocycles. The first-order chi connectivity index (χ1) is 7.68. The molecule has 2 rings (SSSR count). The van der Waals surface area contributed by atoms with E-state index in [0.717, 1.165) is 5.56 Å². The summed E-state index contributed by atoms with van der Waals surface area (Å²) in [7, 11) is 0. The number of benzene rings is 1. The number of hydrogen-bond donors (Lipinski definition) is 3. The van der Waals surface area contributed by atoms with E-state index < -0.39 is 11.7 Å². The van der Waals surface area contributed by atoms with Crippen LogP contribution in [0.2, 0.25) is 0 Å². The molecule has 0 unspecified atom stereocenters. The predicted molar refractivity (Wildman–Crippen MR) is 63.6 cm³/mol. The van der Waals surface area contributed by atoms with Crippen LogP contribution < -0.4 is 5.73 Å². The molecule has 1 aliphatic rings. The largest absolute Gasteiger partial charge is 0.386 e. The van der Waals surface area contributed by atoms with Crippen LogP contribution in [0.4, 0.5) is 0 Å². The Morgan fingerprint density at radius 2 is 1.94 bits per heavy atom. The normalized spacial score (nSPS) is 28.9. The van der Waals surface area contributed by atoms with Crippen LogP contribution in [-0.4, -0.2) is 28.5 Å². The van der Waals surface area contributed by atoms with Crippen molar-refractivity contribution in [1.29, 1.82) is 0 Å². The van der Waals surface area contributed by atoms with E-state index in [9.17, 15) is 10.2 Å². The lowest BCUT2D eigenvalue weighted by atomic mass is 9.80. The molecule has 16 heavy (non-hydrogen) atoms. The van der Waals surface area contributed by atoms with Gasteiger partial charge < -0.3 is 15.9 Å². The molecule has 3 nitrogen and oxygen atoms in total. The van der Waals surface area contributed by atoms with Crippen molar-refractivity contribution in [2.45, 2.75) is 11.7 Å². The van der Waals surface area contributed by atoms with Crippen molar-refractivity contribution in [3.8, 4) is 0 Å². The summed E-state index contributed by atoms with van der Waals surface area (Å²) in [6.45, 7) is -0.0146. The van der Waals surface area contributed by atoms with Gasteiger partial charge in [0.2, 0.25) is 0 Å². The summed E-state index contributed by atoms with van der Waals surface area (Å²) in [5, 5.41) is 20.2. The smallest absolute Gasteiger partial charge is 0.132 e. The third kappa shape index (κ3) is 1.69. The van der Waals surface area contributed by atoms with Crippen molar-refractivity contribution in [3.63, 3.8) is 0 Å². The topological polar surface area (TPSA) is 66.5 Å². The van der Waals surface area contributed by atoms with Gasteiger partial charge in [-0.3, -0.25) is 0 Å². The fourth-order valence-corrected chi connectivity index (χ4v) is 1.91. The maximum Gasteiger partial charge on any atom is 0.132 e. The van der Waals surface area contributed by atoms with Gasteiger partial charge in [-0.1, -0.05) is 48.6 Å². The number of rotatable bonds is 2. The number of allylic oxidation sites excluding steroid dienone is 2. The summed E-state index contributed by atoms with van der Waals surface area (Å²) in [6, 6.07) is 9.45. The van der Waals surface area contributed by atoms with Crippen LogP contribution in [-0.2, 0) is 0 Å². The zero-order valence-corrected chi connectivity index (χ0v) is 8.88. The van der Waals surface area contributed by atoms with Crippen LogP contribution in [0.5, 0.6) is 0 Å². The average Bonchev–Trinajstić information content (AvgIpc) is 2.34. The van der Waals surface area contributed by atoms with Crippen LogP contribution in [0.1, 0.15) is 5.56 Å². The van der Waals surface area contributed by atoms with Crippen LogP contribution in [0.15, 0.2) is 48.6 Å². The van der Waals surface area contributed by atoms with Crippen molar-refractivity contribution in [2.24, 2.45) is 5.73 Å². The average molecular weight is 217 g/mol. The zero-order chi connectivity index (χ0) is 11.6. The minimum absolute atomic E-state index is 0.0146. The summed E-state index contributed by atoms with van der Waals surface area (Å²) in [6.07, 6.45) is 4.10. The van der Waals surface area contributed by atoms with E-state index in [1.54, 1.807) is 18.2 Å². The summed E-state index contributed by atoms with van der Waals surface area (Å²) < 4.78 is 0. The van der Waals surface area contributed by atoms with Crippen molar-refractivity contribution >= 4 is 5.57 Å². The van der Waals surface area contributed by atoms with E-state index in [2.05, 4.69) is 0 Å². The molecule has 0 radical (unpaired) electrons. The number of hydrogen-bond acceptors (Lipinski definition) is 3. The highest BCUT2D eigenvalue weighted by atomic mass is 16.3. The second kappa shape index (κ2) is 4.22. The van der Waals surface area contributed by atoms with Crippen LogP contribution in [0, 0.1) is 0 Å². The highest BCUT2D eigenvalue weighted by Gasteiger charge is 2.38. The van der Waals surface area contributed by atoms with E-state index in [0.29, 0.717) is 5.57 Å². The monoisotopic (exact) mass is 217 g/mol. The molecule has 0 aliphatic heterocycles. The highest BCUT2D eigenvalue weighted by Crippen LogP contribution is 2.32. The van der Waals surface area contributed by atoms with Crippen molar-refractivity contribution in [1.82, 2.24) is 0 Å². The minimum atomic E-state index is -1.39. The van der Waals surface area contributed by atoms with Gasteiger partial charge in [0, 0.05) is 6.54 Å². The quantitative estimate of drug-likeness (QED) is 0.683. The fourth-order valence-electron chi connectivity index (χ4n) is 1.91. The molecule has 1 aromatic carbocycles. The van der Waals surface area contributed by atoms with Gasteiger partial charge in [0.1, 0.15) is 11.7 Å². The molecule has 4 N–H and O–H groups in total. The molecule has 0 spiro atoms. The van der Waals surface area contributed by atoms with E-state index in [1.165, 1.54) is 0 Å². The first-order valence-corrected chi connectivity index (χ1v) is 5.23. The van der Waals surface area contributed by atoms with Crippen LogP contribution in [0.25, 0.3) is 5.57 Å². The van der Waals surface area contributed by atoms with Gasteiger partial charge in [-0.15, -0.1) is 0 Å². The molecule has 2 atom stereocenters.